The predicted octanol–water partition coefficient (Wildman–Crippen LogP) is 3.49. The van der Waals surface area contributed by atoms with Crippen molar-refractivity contribution in [2.24, 2.45) is 5.92 Å². The quantitative estimate of drug-likeness (QED) is 0.411. The fourth-order valence-electron chi connectivity index (χ4n) is 1.79. The Labute approximate surface area is 115 Å². The minimum absolute atomic E-state index is 0.187. The first-order valence-electron chi connectivity index (χ1n) is 4.96. The summed E-state index contributed by atoms with van der Waals surface area (Å²) in [6, 6.07) is 0. The van der Waals surface area contributed by atoms with E-state index < -0.39 is 21.7 Å². The Morgan fingerprint density at radius 1 is 1.35 bits per heavy atom. The summed E-state index contributed by atoms with van der Waals surface area (Å²) < 4.78 is 63.0. The van der Waals surface area contributed by atoms with Crippen LogP contribution in [0.2, 0.25) is 0 Å². The number of rotatable bonds is 3. The van der Waals surface area contributed by atoms with Gasteiger partial charge in [0.25, 0.3) is 0 Å². The van der Waals surface area contributed by atoms with E-state index in [2.05, 4.69) is 4.18 Å². The Morgan fingerprint density at radius 2 is 1.94 bits per heavy atom. The van der Waals surface area contributed by atoms with Crippen molar-refractivity contribution in [3.63, 3.8) is 0 Å². The molecular formula is C8H12F3IO3S2. The summed E-state index contributed by atoms with van der Waals surface area (Å²) in [6.07, 6.45) is 1.35. The lowest BCUT2D eigenvalue weighted by molar-refractivity contribution is -0.0602. The molecule has 0 aromatic heterocycles. The second kappa shape index (κ2) is 5.83. The van der Waals surface area contributed by atoms with Crippen LogP contribution in [-0.4, -0.2) is 25.3 Å². The Morgan fingerprint density at radius 3 is 2.41 bits per heavy atom. The molecule has 0 heterocycles. The van der Waals surface area contributed by atoms with Crippen molar-refractivity contribution >= 4 is 40.3 Å². The standard InChI is InChI=1S/C8H12F3IO3S2/c1-5-3-2-4-6(16-12)7(5)15-17(13,14)8(9,10)11/h5-7H,2-4H2,1H3. The predicted molar refractivity (Wildman–Crippen MR) is 68.3 cm³/mol. The van der Waals surface area contributed by atoms with E-state index in [1.54, 1.807) is 6.92 Å². The van der Waals surface area contributed by atoms with Crippen LogP contribution in [0.4, 0.5) is 13.2 Å². The van der Waals surface area contributed by atoms with Gasteiger partial charge in [0.1, 0.15) is 0 Å². The number of hydrogen-bond donors (Lipinski definition) is 0. The molecule has 0 amide bonds. The molecule has 0 aromatic carbocycles. The third-order valence-corrected chi connectivity index (χ3v) is 6.45. The monoisotopic (exact) mass is 404 g/mol. The molecule has 3 unspecified atom stereocenters. The van der Waals surface area contributed by atoms with Gasteiger partial charge >= 0.3 is 15.6 Å². The minimum Gasteiger partial charge on any atom is -0.258 e. The highest BCUT2D eigenvalue weighted by Gasteiger charge is 2.50. The zero-order valence-corrected chi connectivity index (χ0v) is 12.7. The molecule has 1 rings (SSSR count). The van der Waals surface area contributed by atoms with Crippen LogP contribution < -0.4 is 0 Å². The highest BCUT2D eigenvalue weighted by Crippen LogP contribution is 2.39. The van der Waals surface area contributed by atoms with Crippen molar-refractivity contribution in [1.29, 1.82) is 0 Å². The molecule has 0 saturated heterocycles. The molecule has 1 saturated carbocycles. The van der Waals surface area contributed by atoms with Crippen LogP contribution in [0, 0.1) is 5.92 Å². The maximum absolute atomic E-state index is 12.2. The van der Waals surface area contributed by atoms with Gasteiger partial charge < -0.3 is 0 Å². The lowest BCUT2D eigenvalue weighted by Gasteiger charge is -2.34. The van der Waals surface area contributed by atoms with E-state index in [0.29, 0.717) is 12.8 Å². The third kappa shape index (κ3) is 3.87. The summed E-state index contributed by atoms with van der Waals surface area (Å²) in [5.74, 6) is -0.187. The molecule has 0 spiro atoms. The summed E-state index contributed by atoms with van der Waals surface area (Å²) in [4.78, 5) is 0. The second-order valence-electron chi connectivity index (χ2n) is 4.00. The van der Waals surface area contributed by atoms with E-state index in [1.807, 2.05) is 21.2 Å². The highest BCUT2D eigenvalue weighted by atomic mass is 127. The van der Waals surface area contributed by atoms with E-state index >= 15 is 0 Å². The van der Waals surface area contributed by atoms with Crippen LogP contribution in [0.25, 0.3) is 0 Å². The molecular weight excluding hydrogens is 392 g/mol. The zero-order valence-electron chi connectivity index (χ0n) is 8.91. The summed E-state index contributed by atoms with van der Waals surface area (Å²) in [5, 5.41) is -0.212. The van der Waals surface area contributed by atoms with Crippen LogP contribution in [0.5, 0.6) is 0 Å². The first-order valence-corrected chi connectivity index (χ1v) is 9.79. The molecule has 0 N–H and O–H groups in total. The largest absolute Gasteiger partial charge is 0.523 e. The third-order valence-electron chi connectivity index (χ3n) is 2.71. The van der Waals surface area contributed by atoms with Gasteiger partial charge in [-0.1, -0.05) is 22.3 Å². The minimum atomic E-state index is -5.49. The first kappa shape index (κ1) is 15.8. The molecule has 0 aliphatic heterocycles. The van der Waals surface area contributed by atoms with Crippen molar-refractivity contribution < 1.29 is 25.8 Å². The summed E-state index contributed by atoms with van der Waals surface area (Å²) in [7, 11) is -4.17. The maximum atomic E-state index is 12.2. The van der Waals surface area contributed by atoms with Crippen molar-refractivity contribution in [3.8, 4) is 0 Å². The SMILES string of the molecule is CC1CCCC(SI)C1OS(=O)(=O)C(F)(F)F. The Bertz CT molecular complexity index is 358. The number of alkyl halides is 3. The van der Waals surface area contributed by atoms with E-state index in [4.69, 9.17) is 0 Å². The van der Waals surface area contributed by atoms with Gasteiger partial charge in [0.05, 0.1) is 6.10 Å². The van der Waals surface area contributed by atoms with Gasteiger partial charge in [-0.25, -0.2) is 0 Å². The van der Waals surface area contributed by atoms with Crippen LogP contribution in [0.15, 0.2) is 0 Å². The van der Waals surface area contributed by atoms with Gasteiger partial charge in [0.2, 0.25) is 0 Å². The van der Waals surface area contributed by atoms with Crippen LogP contribution >= 0.6 is 30.1 Å². The Balaban J connectivity index is 2.84. The zero-order chi connectivity index (χ0) is 13.3. The van der Waals surface area contributed by atoms with Gasteiger partial charge in [-0.2, -0.15) is 21.6 Å². The van der Waals surface area contributed by atoms with Gasteiger partial charge in [-0.05, 0) is 40.0 Å². The molecule has 102 valence electrons. The molecule has 9 heteroatoms. The van der Waals surface area contributed by atoms with Crippen LogP contribution in [0.1, 0.15) is 26.2 Å². The summed E-state index contributed by atoms with van der Waals surface area (Å²) >= 11 is 1.96. The van der Waals surface area contributed by atoms with Crippen molar-refractivity contribution in [3.05, 3.63) is 0 Å². The summed E-state index contributed by atoms with van der Waals surface area (Å²) in [6.45, 7) is 1.72. The molecule has 3 atom stereocenters. The van der Waals surface area contributed by atoms with Crippen molar-refractivity contribution in [1.82, 2.24) is 0 Å². The fourth-order valence-corrected chi connectivity index (χ4v) is 4.90. The first-order chi connectivity index (χ1) is 7.69. The van der Waals surface area contributed by atoms with Gasteiger partial charge in [-0.3, -0.25) is 4.18 Å². The highest BCUT2D eigenvalue weighted by molar-refractivity contribution is 14.2. The Hall–Kier alpha value is 0.780. The van der Waals surface area contributed by atoms with Gasteiger partial charge in [-0.15, -0.1) is 0 Å². The molecule has 0 bridgehead atoms. The van der Waals surface area contributed by atoms with E-state index in [-0.39, 0.29) is 11.2 Å². The molecule has 17 heavy (non-hydrogen) atoms. The van der Waals surface area contributed by atoms with Gasteiger partial charge in [0.15, 0.2) is 0 Å². The smallest absolute Gasteiger partial charge is 0.258 e. The topological polar surface area (TPSA) is 43.4 Å². The van der Waals surface area contributed by atoms with E-state index in [9.17, 15) is 21.6 Å². The molecule has 0 radical (unpaired) electrons. The van der Waals surface area contributed by atoms with Crippen molar-refractivity contribution in [2.75, 3.05) is 0 Å². The van der Waals surface area contributed by atoms with Crippen LogP contribution in [-0.2, 0) is 14.3 Å². The van der Waals surface area contributed by atoms with E-state index in [0.717, 1.165) is 6.42 Å². The van der Waals surface area contributed by atoms with E-state index in [1.165, 1.54) is 8.93 Å². The average Bonchev–Trinajstić information content (AvgIpc) is 2.19. The van der Waals surface area contributed by atoms with Crippen molar-refractivity contribution in [2.45, 2.75) is 43.0 Å². The molecule has 0 aromatic rings. The maximum Gasteiger partial charge on any atom is 0.523 e. The second-order valence-corrected chi connectivity index (χ2v) is 7.87. The normalized spacial score (nSPS) is 31.5. The number of hydrogen-bond acceptors (Lipinski definition) is 4. The number of halogens is 4. The van der Waals surface area contributed by atoms with Crippen LogP contribution in [0.3, 0.4) is 0 Å². The van der Waals surface area contributed by atoms with Gasteiger partial charge in [0, 0.05) is 5.25 Å². The lowest BCUT2D eigenvalue weighted by atomic mass is 9.88. The molecule has 1 aliphatic rings. The Kier molecular flexibility index (Phi) is 5.43. The lowest BCUT2D eigenvalue weighted by Crippen LogP contribution is -2.40. The fraction of sp³-hybridized carbons (Fsp3) is 1.00. The average molecular weight is 404 g/mol. The molecule has 1 aliphatic carbocycles. The summed E-state index contributed by atoms with van der Waals surface area (Å²) in [5.41, 5.74) is -5.34. The molecule has 3 nitrogen and oxygen atoms in total. The molecule has 1 fully saturated rings.